The van der Waals surface area contributed by atoms with Gasteiger partial charge in [-0.3, -0.25) is 4.90 Å². The fourth-order valence-electron chi connectivity index (χ4n) is 1.96. The lowest BCUT2D eigenvalue weighted by molar-refractivity contribution is -0.0623. The van der Waals surface area contributed by atoms with Crippen molar-refractivity contribution in [1.29, 1.82) is 0 Å². The summed E-state index contributed by atoms with van der Waals surface area (Å²) in [6, 6.07) is -0.0186. The van der Waals surface area contributed by atoms with E-state index < -0.39 is 11.3 Å². The minimum Gasteiger partial charge on any atom is -0.444 e. The molecule has 0 bridgehead atoms. The van der Waals surface area contributed by atoms with Crippen molar-refractivity contribution in [1.82, 2.24) is 4.90 Å². The SMILES string of the molecule is CC(C)(C)OC(=O)N1[C@H](CC=C(Br)Br)COC1(C)C. The highest BCUT2D eigenvalue weighted by atomic mass is 79.9. The molecule has 0 aromatic heterocycles. The Morgan fingerprint density at radius 3 is 2.53 bits per heavy atom. The Hall–Kier alpha value is -0.0700. The Kier molecular flexibility index (Phi) is 5.49. The van der Waals surface area contributed by atoms with E-state index in [-0.39, 0.29) is 12.1 Å². The average Bonchev–Trinajstić information content (AvgIpc) is 2.47. The largest absolute Gasteiger partial charge is 0.444 e. The molecule has 1 rings (SSSR count). The Balaban J connectivity index is 2.84. The summed E-state index contributed by atoms with van der Waals surface area (Å²) < 4.78 is 12.0. The second-order valence-corrected chi connectivity index (χ2v) is 8.76. The molecule has 0 saturated carbocycles. The van der Waals surface area contributed by atoms with E-state index in [1.54, 1.807) is 4.90 Å². The predicted molar refractivity (Wildman–Crippen MR) is 82.4 cm³/mol. The van der Waals surface area contributed by atoms with E-state index in [0.717, 1.165) is 3.39 Å². The maximum Gasteiger partial charge on any atom is 0.412 e. The van der Waals surface area contributed by atoms with Gasteiger partial charge in [-0.15, -0.1) is 0 Å². The smallest absolute Gasteiger partial charge is 0.412 e. The molecule has 0 spiro atoms. The number of rotatable bonds is 2. The van der Waals surface area contributed by atoms with Gasteiger partial charge in [-0.25, -0.2) is 4.79 Å². The van der Waals surface area contributed by atoms with Crippen molar-refractivity contribution in [2.24, 2.45) is 0 Å². The second-order valence-electron chi connectivity index (χ2n) is 5.99. The van der Waals surface area contributed by atoms with Crippen LogP contribution in [-0.2, 0) is 9.47 Å². The first-order valence-corrected chi connectivity index (χ1v) is 7.79. The number of ether oxygens (including phenoxy) is 2. The monoisotopic (exact) mass is 397 g/mol. The topological polar surface area (TPSA) is 38.8 Å². The third kappa shape index (κ3) is 5.08. The first-order valence-electron chi connectivity index (χ1n) is 6.20. The summed E-state index contributed by atoms with van der Waals surface area (Å²) in [4.78, 5) is 14.0. The van der Waals surface area contributed by atoms with Crippen LogP contribution in [0.3, 0.4) is 0 Å². The third-order valence-electron chi connectivity index (χ3n) is 2.71. The van der Waals surface area contributed by atoms with E-state index in [9.17, 15) is 4.79 Å². The van der Waals surface area contributed by atoms with Gasteiger partial charge in [0, 0.05) is 0 Å². The van der Waals surface area contributed by atoms with E-state index in [1.165, 1.54) is 0 Å². The van der Waals surface area contributed by atoms with Gasteiger partial charge in [0.1, 0.15) is 11.3 Å². The second kappa shape index (κ2) is 6.14. The summed E-state index contributed by atoms with van der Waals surface area (Å²) in [7, 11) is 0. The van der Waals surface area contributed by atoms with Gasteiger partial charge in [0.2, 0.25) is 0 Å². The molecule has 6 heteroatoms. The van der Waals surface area contributed by atoms with Gasteiger partial charge < -0.3 is 9.47 Å². The lowest BCUT2D eigenvalue weighted by Gasteiger charge is -2.34. The molecule has 0 radical (unpaired) electrons. The Morgan fingerprint density at radius 2 is 2.05 bits per heavy atom. The van der Waals surface area contributed by atoms with Gasteiger partial charge >= 0.3 is 6.09 Å². The van der Waals surface area contributed by atoms with Crippen LogP contribution in [0.15, 0.2) is 9.47 Å². The lowest BCUT2D eigenvalue weighted by Crippen LogP contribution is -2.49. The van der Waals surface area contributed by atoms with Gasteiger partial charge in [-0.2, -0.15) is 0 Å². The fourth-order valence-corrected chi connectivity index (χ4v) is 2.34. The highest BCUT2D eigenvalue weighted by Gasteiger charge is 2.45. The molecule has 1 aliphatic rings. The number of hydrogen-bond acceptors (Lipinski definition) is 3. The van der Waals surface area contributed by atoms with Gasteiger partial charge in [0.15, 0.2) is 0 Å². The zero-order valence-electron chi connectivity index (χ0n) is 12.0. The highest BCUT2D eigenvalue weighted by Crippen LogP contribution is 2.31. The molecule has 0 N–H and O–H groups in total. The van der Waals surface area contributed by atoms with Crippen molar-refractivity contribution in [2.75, 3.05) is 6.61 Å². The van der Waals surface area contributed by atoms with Crippen LogP contribution < -0.4 is 0 Å². The molecule has 1 saturated heterocycles. The maximum absolute atomic E-state index is 12.3. The summed E-state index contributed by atoms with van der Waals surface area (Å²) in [5.74, 6) is 0. The number of halogens is 2. The quantitative estimate of drug-likeness (QED) is 0.692. The van der Waals surface area contributed by atoms with Crippen molar-refractivity contribution in [3.63, 3.8) is 0 Å². The molecule has 110 valence electrons. The molecule has 0 aliphatic carbocycles. The van der Waals surface area contributed by atoms with Gasteiger partial charge in [-0.05, 0) is 72.9 Å². The average molecular weight is 399 g/mol. The summed E-state index contributed by atoms with van der Waals surface area (Å²) in [6.45, 7) is 9.85. The molecular formula is C13H21Br2NO3. The predicted octanol–water partition coefficient (Wildman–Crippen LogP) is 4.38. The van der Waals surface area contributed by atoms with Crippen molar-refractivity contribution >= 4 is 38.0 Å². The van der Waals surface area contributed by atoms with E-state index >= 15 is 0 Å². The number of carbonyl (C=O) groups excluding carboxylic acids is 1. The van der Waals surface area contributed by atoms with Crippen LogP contribution in [0.25, 0.3) is 0 Å². The Bertz CT molecular complexity index is 371. The zero-order chi connectivity index (χ0) is 14.8. The molecule has 1 amide bonds. The van der Waals surface area contributed by atoms with E-state index in [2.05, 4.69) is 31.9 Å². The molecule has 4 nitrogen and oxygen atoms in total. The van der Waals surface area contributed by atoms with E-state index in [0.29, 0.717) is 13.0 Å². The Labute approximate surface area is 131 Å². The third-order valence-corrected chi connectivity index (χ3v) is 3.36. The van der Waals surface area contributed by atoms with Crippen LogP contribution in [0.1, 0.15) is 41.0 Å². The first-order chi connectivity index (χ1) is 8.53. The standard InChI is InChI=1S/C13H21Br2NO3/c1-12(2,3)19-11(17)16-9(6-7-10(14)15)8-18-13(16,4)5/h7,9H,6,8H2,1-5H3/t9-/m1/s1. The van der Waals surface area contributed by atoms with Gasteiger partial charge in [0.05, 0.1) is 16.0 Å². The molecule has 0 aromatic rings. The van der Waals surface area contributed by atoms with Crippen molar-refractivity contribution < 1.29 is 14.3 Å². The summed E-state index contributed by atoms with van der Waals surface area (Å²) >= 11 is 6.64. The molecule has 19 heavy (non-hydrogen) atoms. The highest BCUT2D eigenvalue weighted by molar-refractivity contribution is 9.28. The van der Waals surface area contributed by atoms with Crippen molar-refractivity contribution in [3.8, 4) is 0 Å². The van der Waals surface area contributed by atoms with Crippen LogP contribution in [0.5, 0.6) is 0 Å². The zero-order valence-corrected chi connectivity index (χ0v) is 15.2. The summed E-state index contributed by atoms with van der Waals surface area (Å²) in [5.41, 5.74) is -1.15. The van der Waals surface area contributed by atoms with Crippen LogP contribution >= 0.6 is 31.9 Å². The number of amides is 1. The van der Waals surface area contributed by atoms with Crippen molar-refractivity contribution in [2.45, 2.75) is 58.4 Å². The Morgan fingerprint density at radius 1 is 1.47 bits per heavy atom. The molecule has 1 atom stereocenters. The maximum atomic E-state index is 12.3. The lowest BCUT2D eigenvalue weighted by atomic mass is 10.1. The van der Waals surface area contributed by atoms with Gasteiger partial charge in [-0.1, -0.05) is 6.08 Å². The summed E-state index contributed by atoms with van der Waals surface area (Å²) in [5, 5.41) is 0. The number of carbonyl (C=O) groups is 1. The molecule has 1 fully saturated rings. The van der Waals surface area contributed by atoms with Crippen LogP contribution in [0, 0.1) is 0 Å². The fraction of sp³-hybridized carbons (Fsp3) is 0.769. The minimum atomic E-state index is -0.639. The van der Waals surface area contributed by atoms with Crippen LogP contribution in [0.4, 0.5) is 4.79 Å². The minimum absolute atomic E-state index is 0.0186. The van der Waals surface area contributed by atoms with E-state index in [4.69, 9.17) is 9.47 Å². The molecule has 1 heterocycles. The van der Waals surface area contributed by atoms with Crippen LogP contribution in [0.2, 0.25) is 0 Å². The summed E-state index contributed by atoms with van der Waals surface area (Å²) in [6.07, 6.45) is 2.33. The molecule has 0 aromatic carbocycles. The molecular weight excluding hydrogens is 378 g/mol. The van der Waals surface area contributed by atoms with Gasteiger partial charge in [0.25, 0.3) is 0 Å². The number of nitrogens with zero attached hydrogens (tertiary/aromatic N) is 1. The number of hydrogen-bond donors (Lipinski definition) is 0. The van der Waals surface area contributed by atoms with Crippen molar-refractivity contribution in [3.05, 3.63) is 9.47 Å². The van der Waals surface area contributed by atoms with Crippen LogP contribution in [-0.4, -0.2) is 35.0 Å². The molecule has 0 unspecified atom stereocenters. The molecule has 1 aliphatic heterocycles. The van der Waals surface area contributed by atoms with E-state index in [1.807, 2.05) is 40.7 Å². The first kappa shape index (κ1) is 17.0. The normalized spacial score (nSPS) is 22.3.